The summed E-state index contributed by atoms with van der Waals surface area (Å²) in [7, 11) is 0.323. The number of benzene rings is 1. The molecule has 4 aromatic rings. The summed E-state index contributed by atoms with van der Waals surface area (Å²) in [6, 6.07) is 14.8. The van der Waals surface area contributed by atoms with Crippen molar-refractivity contribution in [2.45, 2.75) is 48.9 Å². The zero-order chi connectivity index (χ0) is 26.9. The maximum absolute atomic E-state index is 13.5. The first-order chi connectivity index (χ1) is 18.3. The average molecular weight is 554 g/mol. The van der Waals surface area contributed by atoms with Crippen molar-refractivity contribution in [3.8, 4) is 11.1 Å². The molecule has 0 unspecified atom stereocenters. The Bertz CT molecular complexity index is 1690. The van der Waals surface area contributed by atoms with Gasteiger partial charge in [-0.3, -0.25) is 18.3 Å². The van der Waals surface area contributed by atoms with Crippen LogP contribution in [0.4, 0.5) is 0 Å². The molecule has 0 N–H and O–H groups in total. The van der Waals surface area contributed by atoms with Crippen LogP contribution >= 0.6 is 11.8 Å². The second-order valence-corrected chi connectivity index (χ2v) is 12.8. The summed E-state index contributed by atoms with van der Waals surface area (Å²) in [5.41, 5.74) is 1.55. The van der Waals surface area contributed by atoms with Crippen molar-refractivity contribution in [1.29, 1.82) is 0 Å². The molecule has 5 rings (SSSR count). The number of unbranched alkanes of at least 4 members (excludes halogenated alkanes) is 1. The molecule has 0 atom stereocenters. The number of imidazole rings is 1. The molecule has 0 radical (unpaired) electrons. The molecule has 0 saturated carbocycles. The summed E-state index contributed by atoms with van der Waals surface area (Å²) in [6.07, 6.45) is 3.66. The number of aromatic nitrogens is 4. The standard InChI is InChI=1S/C27H31N5O4S2/c1-29(2)19-21-18-28-22-12-8-13-23(32(21)22)37-16-7-6-14-30-25(33)24(20-10-4-3-5-11-20)26-31(27(30)34)15-9-17-38(26,35)36/h3-5,8,10-13,18H,6-7,9,14-17,19H2,1-2H3. The van der Waals surface area contributed by atoms with Crippen molar-refractivity contribution < 1.29 is 8.42 Å². The van der Waals surface area contributed by atoms with Crippen LogP contribution in [0.25, 0.3) is 16.8 Å². The van der Waals surface area contributed by atoms with Crippen LogP contribution in [0, 0.1) is 0 Å². The Morgan fingerprint density at radius 2 is 1.82 bits per heavy atom. The van der Waals surface area contributed by atoms with E-state index in [1.807, 2.05) is 38.5 Å². The Labute approximate surface area is 225 Å². The molecule has 0 bridgehead atoms. The number of hydrogen-bond acceptors (Lipinski definition) is 7. The second kappa shape index (κ2) is 10.9. The lowest BCUT2D eigenvalue weighted by molar-refractivity contribution is 0.394. The van der Waals surface area contributed by atoms with Crippen molar-refractivity contribution in [3.05, 3.63) is 81.3 Å². The van der Waals surface area contributed by atoms with E-state index in [1.165, 1.54) is 9.13 Å². The van der Waals surface area contributed by atoms with Gasteiger partial charge in [0.15, 0.2) is 14.9 Å². The van der Waals surface area contributed by atoms with E-state index >= 15 is 0 Å². The minimum Gasteiger partial charge on any atom is -0.304 e. The van der Waals surface area contributed by atoms with E-state index in [0.29, 0.717) is 18.4 Å². The maximum Gasteiger partial charge on any atom is 0.332 e. The van der Waals surface area contributed by atoms with E-state index in [4.69, 9.17) is 0 Å². The summed E-state index contributed by atoms with van der Waals surface area (Å²) in [6.45, 7) is 1.30. The van der Waals surface area contributed by atoms with Crippen molar-refractivity contribution in [2.24, 2.45) is 0 Å². The molecular weight excluding hydrogens is 522 g/mol. The summed E-state index contributed by atoms with van der Waals surface area (Å²) in [4.78, 5) is 33.4. The number of sulfone groups is 1. The van der Waals surface area contributed by atoms with Crippen LogP contribution in [0.3, 0.4) is 0 Å². The van der Waals surface area contributed by atoms with Crippen LogP contribution in [0.2, 0.25) is 0 Å². The summed E-state index contributed by atoms with van der Waals surface area (Å²) < 4.78 is 30.6. The molecule has 0 saturated heterocycles. The highest BCUT2D eigenvalue weighted by molar-refractivity contribution is 7.99. The van der Waals surface area contributed by atoms with E-state index in [9.17, 15) is 18.0 Å². The molecule has 0 fully saturated rings. The number of pyridine rings is 1. The summed E-state index contributed by atoms with van der Waals surface area (Å²) in [5, 5.41) is 0.957. The van der Waals surface area contributed by atoms with Gasteiger partial charge in [0.25, 0.3) is 5.56 Å². The third kappa shape index (κ3) is 5.10. The molecule has 1 aromatic carbocycles. The Balaban J connectivity index is 1.37. The number of fused-ring (bicyclic) bond motifs is 2. The Morgan fingerprint density at radius 3 is 2.58 bits per heavy atom. The maximum atomic E-state index is 13.5. The number of hydrogen-bond donors (Lipinski definition) is 0. The van der Waals surface area contributed by atoms with E-state index in [0.717, 1.165) is 35.1 Å². The molecule has 11 heteroatoms. The highest BCUT2D eigenvalue weighted by Gasteiger charge is 2.32. The van der Waals surface area contributed by atoms with Gasteiger partial charge in [-0.15, -0.1) is 11.8 Å². The number of thioether (sulfide) groups is 1. The Morgan fingerprint density at radius 1 is 1.03 bits per heavy atom. The summed E-state index contributed by atoms with van der Waals surface area (Å²) >= 11 is 1.72. The zero-order valence-electron chi connectivity index (χ0n) is 21.5. The van der Waals surface area contributed by atoms with E-state index in [1.54, 1.807) is 36.0 Å². The van der Waals surface area contributed by atoms with Gasteiger partial charge in [0.2, 0.25) is 0 Å². The largest absolute Gasteiger partial charge is 0.332 e. The van der Waals surface area contributed by atoms with E-state index in [2.05, 4.69) is 20.4 Å². The van der Waals surface area contributed by atoms with Crippen LogP contribution in [0.5, 0.6) is 0 Å². The molecule has 4 heterocycles. The number of nitrogens with zero attached hydrogens (tertiary/aromatic N) is 5. The van der Waals surface area contributed by atoms with Gasteiger partial charge in [0, 0.05) is 19.6 Å². The molecule has 0 aliphatic carbocycles. The van der Waals surface area contributed by atoms with Crippen LogP contribution in [-0.2, 0) is 29.5 Å². The minimum atomic E-state index is -3.73. The highest BCUT2D eigenvalue weighted by atomic mass is 32.2. The molecule has 0 amide bonds. The monoisotopic (exact) mass is 553 g/mol. The van der Waals surface area contributed by atoms with Gasteiger partial charge in [-0.2, -0.15) is 0 Å². The zero-order valence-corrected chi connectivity index (χ0v) is 23.2. The topological polar surface area (TPSA) is 98.7 Å². The minimum absolute atomic E-state index is 0.0626. The van der Waals surface area contributed by atoms with Gasteiger partial charge >= 0.3 is 5.69 Å². The van der Waals surface area contributed by atoms with Crippen LogP contribution < -0.4 is 11.2 Å². The molecule has 200 valence electrons. The van der Waals surface area contributed by atoms with Crippen molar-refractivity contribution in [1.82, 2.24) is 23.4 Å². The first-order valence-electron chi connectivity index (χ1n) is 12.7. The highest BCUT2D eigenvalue weighted by Crippen LogP contribution is 2.27. The SMILES string of the molecule is CN(C)Cc1cnc2cccc(SCCCCn3c(=O)c(-c4ccccc4)c4n(c3=O)CCCS4(=O)=O)n12. The average Bonchev–Trinajstić information content (AvgIpc) is 3.29. The Hall–Kier alpha value is -3.15. The quantitative estimate of drug-likeness (QED) is 0.178. The van der Waals surface area contributed by atoms with Gasteiger partial charge in [-0.05, 0) is 56.8 Å². The molecular formula is C27H31N5O4S2. The molecule has 1 aliphatic rings. The van der Waals surface area contributed by atoms with Gasteiger partial charge in [0.1, 0.15) is 5.65 Å². The van der Waals surface area contributed by atoms with Crippen molar-refractivity contribution in [2.75, 3.05) is 25.6 Å². The van der Waals surface area contributed by atoms with Crippen molar-refractivity contribution >= 4 is 27.2 Å². The first-order valence-corrected chi connectivity index (χ1v) is 15.3. The molecule has 38 heavy (non-hydrogen) atoms. The smallest absolute Gasteiger partial charge is 0.304 e. The molecule has 1 aliphatic heterocycles. The first kappa shape index (κ1) is 26.5. The van der Waals surface area contributed by atoms with E-state index in [-0.39, 0.29) is 29.4 Å². The molecule has 9 nitrogen and oxygen atoms in total. The van der Waals surface area contributed by atoms with Crippen LogP contribution in [0.15, 0.2) is 74.4 Å². The lowest BCUT2D eigenvalue weighted by atomic mass is 10.1. The fraction of sp³-hybridized carbons (Fsp3) is 0.370. The third-order valence-electron chi connectivity index (χ3n) is 6.60. The molecule has 3 aromatic heterocycles. The lowest BCUT2D eigenvalue weighted by Crippen LogP contribution is -2.45. The normalized spacial score (nSPS) is 14.7. The van der Waals surface area contributed by atoms with E-state index < -0.39 is 21.1 Å². The van der Waals surface area contributed by atoms with Gasteiger partial charge in [-0.25, -0.2) is 18.2 Å². The lowest BCUT2D eigenvalue weighted by Gasteiger charge is -2.23. The molecule has 0 spiro atoms. The predicted molar refractivity (Wildman–Crippen MR) is 150 cm³/mol. The second-order valence-electron chi connectivity index (χ2n) is 9.71. The van der Waals surface area contributed by atoms with Gasteiger partial charge in [-0.1, -0.05) is 36.4 Å². The van der Waals surface area contributed by atoms with Gasteiger partial charge in [0.05, 0.1) is 28.2 Å². The van der Waals surface area contributed by atoms with Gasteiger partial charge < -0.3 is 4.90 Å². The summed E-state index contributed by atoms with van der Waals surface area (Å²) in [5.74, 6) is 0.743. The number of rotatable bonds is 9. The predicted octanol–water partition coefficient (Wildman–Crippen LogP) is 3.14. The Kier molecular flexibility index (Phi) is 7.60. The fourth-order valence-corrected chi connectivity index (χ4v) is 7.72. The van der Waals surface area contributed by atoms with Crippen molar-refractivity contribution in [3.63, 3.8) is 0 Å². The fourth-order valence-electron chi connectivity index (χ4n) is 4.92. The van der Waals surface area contributed by atoms with Crippen LogP contribution in [-0.4, -0.2) is 57.4 Å². The third-order valence-corrected chi connectivity index (χ3v) is 9.55. The van der Waals surface area contributed by atoms with Crippen LogP contribution in [0.1, 0.15) is 25.0 Å².